The first-order valence-corrected chi connectivity index (χ1v) is 6.74. The van der Waals surface area contributed by atoms with Gasteiger partial charge in [0, 0.05) is 12.1 Å². The van der Waals surface area contributed by atoms with E-state index in [1.807, 2.05) is 51.1 Å². The van der Waals surface area contributed by atoms with Crippen LogP contribution < -0.4 is 5.32 Å². The monoisotopic (exact) mass is 285 g/mol. The fraction of sp³-hybridized carbons (Fsp3) is 0.333. The predicted molar refractivity (Wildman–Crippen MR) is 80.1 cm³/mol. The summed E-state index contributed by atoms with van der Waals surface area (Å²) in [6.07, 6.45) is 3.47. The highest BCUT2D eigenvalue weighted by molar-refractivity contribution is 5.87. The zero-order chi connectivity index (χ0) is 15.3. The standard InChI is InChI=1S/C15H19N5O/c1-15(2,3)9-8-13(21)16-10-11-4-6-12(7-5-11)14-17-19-20-18-14/h4-9H,10H2,1-3H3,(H,16,21)(H,17,18,19,20)/b9-8+. The van der Waals surface area contributed by atoms with Crippen LogP contribution in [0.3, 0.4) is 0 Å². The molecule has 0 unspecified atom stereocenters. The highest BCUT2D eigenvalue weighted by atomic mass is 16.1. The van der Waals surface area contributed by atoms with E-state index in [2.05, 4.69) is 25.9 Å². The van der Waals surface area contributed by atoms with Crippen LogP contribution in [0, 0.1) is 5.41 Å². The van der Waals surface area contributed by atoms with Crippen molar-refractivity contribution < 1.29 is 4.79 Å². The summed E-state index contributed by atoms with van der Waals surface area (Å²) in [5.74, 6) is 0.464. The van der Waals surface area contributed by atoms with Gasteiger partial charge in [0.1, 0.15) is 0 Å². The van der Waals surface area contributed by atoms with Crippen molar-refractivity contribution in [1.29, 1.82) is 0 Å². The number of benzene rings is 1. The number of allylic oxidation sites excluding steroid dienone is 1. The molecule has 0 fully saturated rings. The van der Waals surface area contributed by atoms with E-state index in [-0.39, 0.29) is 11.3 Å². The first-order chi connectivity index (χ1) is 9.94. The summed E-state index contributed by atoms with van der Waals surface area (Å²) in [4.78, 5) is 11.7. The molecule has 0 bridgehead atoms. The molecule has 1 aromatic carbocycles. The van der Waals surface area contributed by atoms with E-state index in [0.717, 1.165) is 11.1 Å². The Bertz CT molecular complexity index is 609. The second kappa shape index (κ2) is 6.30. The number of hydrogen-bond acceptors (Lipinski definition) is 4. The molecule has 6 heteroatoms. The first kappa shape index (κ1) is 14.9. The second-order valence-corrected chi connectivity index (χ2v) is 5.85. The quantitative estimate of drug-likeness (QED) is 0.842. The number of carbonyl (C=O) groups is 1. The maximum absolute atomic E-state index is 11.7. The predicted octanol–water partition coefficient (Wildman–Crippen LogP) is 2.09. The van der Waals surface area contributed by atoms with Crippen LogP contribution in [0.2, 0.25) is 0 Å². The summed E-state index contributed by atoms with van der Waals surface area (Å²) in [6.45, 7) is 6.63. The molecule has 0 saturated carbocycles. The lowest BCUT2D eigenvalue weighted by atomic mass is 9.96. The molecule has 0 saturated heterocycles. The van der Waals surface area contributed by atoms with E-state index in [1.165, 1.54) is 0 Å². The van der Waals surface area contributed by atoms with Crippen molar-refractivity contribution in [2.75, 3.05) is 0 Å². The van der Waals surface area contributed by atoms with Crippen LogP contribution in [0.5, 0.6) is 0 Å². The highest BCUT2D eigenvalue weighted by Gasteiger charge is 2.06. The van der Waals surface area contributed by atoms with Crippen LogP contribution in [0.4, 0.5) is 0 Å². The lowest BCUT2D eigenvalue weighted by Gasteiger charge is -2.11. The zero-order valence-electron chi connectivity index (χ0n) is 12.4. The fourth-order valence-electron chi connectivity index (χ4n) is 1.63. The number of tetrazole rings is 1. The van der Waals surface area contributed by atoms with Gasteiger partial charge in [0.2, 0.25) is 11.7 Å². The lowest BCUT2D eigenvalue weighted by Crippen LogP contribution is -2.20. The van der Waals surface area contributed by atoms with Crippen molar-refractivity contribution in [3.8, 4) is 11.4 Å². The number of nitrogens with one attached hydrogen (secondary N) is 2. The van der Waals surface area contributed by atoms with Crippen molar-refractivity contribution >= 4 is 5.91 Å². The average molecular weight is 285 g/mol. The van der Waals surface area contributed by atoms with Gasteiger partial charge in [-0.3, -0.25) is 4.79 Å². The normalized spacial score (nSPS) is 11.8. The summed E-state index contributed by atoms with van der Waals surface area (Å²) in [6, 6.07) is 7.66. The van der Waals surface area contributed by atoms with Gasteiger partial charge in [0.15, 0.2) is 0 Å². The molecule has 1 aromatic heterocycles. The van der Waals surface area contributed by atoms with Gasteiger partial charge < -0.3 is 5.32 Å². The molecular formula is C15H19N5O. The summed E-state index contributed by atoms with van der Waals surface area (Å²) in [5, 5.41) is 16.6. The maximum atomic E-state index is 11.7. The third kappa shape index (κ3) is 4.83. The Balaban J connectivity index is 1.89. The van der Waals surface area contributed by atoms with Crippen LogP contribution >= 0.6 is 0 Å². The van der Waals surface area contributed by atoms with Gasteiger partial charge in [-0.25, -0.2) is 0 Å². The number of rotatable bonds is 4. The van der Waals surface area contributed by atoms with Crippen LogP contribution in [0.25, 0.3) is 11.4 Å². The van der Waals surface area contributed by atoms with Crippen LogP contribution in [-0.2, 0) is 11.3 Å². The molecule has 110 valence electrons. The Hall–Kier alpha value is -2.50. The van der Waals surface area contributed by atoms with Crippen molar-refractivity contribution in [3.05, 3.63) is 42.0 Å². The van der Waals surface area contributed by atoms with Crippen molar-refractivity contribution in [2.24, 2.45) is 5.41 Å². The summed E-state index contributed by atoms with van der Waals surface area (Å²) in [7, 11) is 0. The molecule has 2 N–H and O–H groups in total. The van der Waals surface area contributed by atoms with Crippen molar-refractivity contribution in [1.82, 2.24) is 25.9 Å². The van der Waals surface area contributed by atoms with Gasteiger partial charge in [-0.1, -0.05) is 51.1 Å². The van der Waals surface area contributed by atoms with Gasteiger partial charge in [0.25, 0.3) is 0 Å². The molecule has 0 aliphatic rings. The van der Waals surface area contributed by atoms with Crippen molar-refractivity contribution in [3.63, 3.8) is 0 Å². The molecule has 2 aromatic rings. The Kier molecular flexibility index (Phi) is 4.47. The van der Waals surface area contributed by atoms with E-state index < -0.39 is 0 Å². The van der Waals surface area contributed by atoms with Gasteiger partial charge in [0.05, 0.1) is 0 Å². The SMILES string of the molecule is CC(C)(C)/C=C/C(=O)NCc1ccc(-c2nn[nH]n2)cc1. The van der Waals surface area contributed by atoms with Crippen molar-refractivity contribution in [2.45, 2.75) is 27.3 Å². The minimum atomic E-state index is -0.0906. The molecule has 0 radical (unpaired) electrons. The van der Waals surface area contributed by atoms with Gasteiger partial charge in [-0.05, 0) is 22.3 Å². The minimum Gasteiger partial charge on any atom is -0.348 e. The average Bonchev–Trinajstić information content (AvgIpc) is 2.97. The third-order valence-corrected chi connectivity index (χ3v) is 2.76. The molecule has 0 aliphatic heterocycles. The minimum absolute atomic E-state index is 0.00355. The fourth-order valence-corrected chi connectivity index (χ4v) is 1.63. The summed E-state index contributed by atoms with van der Waals surface area (Å²) < 4.78 is 0. The number of nitrogens with zero attached hydrogens (tertiary/aromatic N) is 3. The van der Waals surface area contributed by atoms with E-state index in [9.17, 15) is 4.79 Å². The number of carbonyl (C=O) groups excluding carboxylic acids is 1. The molecule has 1 heterocycles. The summed E-state index contributed by atoms with van der Waals surface area (Å²) in [5.41, 5.74) is 1.90. The van der Waals surface area contributed by atoms with E-state index in [1.54, 1.807) is 6.08 Å². The smallest absolute Gasteiger partial charge is 0.243 e. The molecule has 0 aliphatic carbocycles. The maximum Gasteiger partial charge on any atom is 0.243 e. The number of aromatic amines is 1. The topological polar surface area (TPSA) is 83.6 Å². The number of aromatic nitrogens is 4. The Morgan fingerprint density at radius 2 is 2.00 bits per heavy atom. The van der Waals surface area contributed by atoms with Crippen LogP contribution in [0.15, 0.2) is 36.4 Å². The molecule has 6 nitrogen and oxygen atoms in total. The van der Waals surface area contributed by atoms with Crippen LogP contribution in [0.1, 0.15) is 26.3 Å². The number of hydrogen-bond donors (Lipinski definition) is 2. The molecule has 0 atom stereocenters. The Labute approximate surface area is 123 Å². The van der Waals surface area contributed by atoms with E-state index in [0.29, 0.717) is 12.4 Å². The van der Waals surface area contributed by atoms with E-state index >= 15 is 0 Å². The molecule has 0 spiro atoms. The number of amides is 1. The molecule has 21 heavy (non-hydrogen) atoms. The molecule has 1 amide bonds. The van der Waals surface area contributed by atoms with Gasteiger partial charge >= 0.3 is 0 Å². The first-order valence-electron chi connectivity index (χ1n) is 6.74. The largest absolute Gasteiger partial charge is 0.348 e. The van der Waals surface area contributed by atoms with E-state index in [4.69, 9.17) is 0 Å². The molecular weight excluding hydrogens is 266 g/mol. The third-order valence-electron chi connectivity index (χ3n) is 2.76. The lowest BCUT2D eigenvalue weighted by molar-refractivity contribution is -0.116. The summed E-state index contributed by atoms with van der Waals surface area (Å²) >= 11 is 0. The van der Waals surface area contributed by atoms with Crippen LogP contribution in [-0.4, -0.2) is 26.5 Å². The molecule has 2 rings (SSSR count). The highest BCUT2D eigenvalue weighted by Crippen LogP contribution is 2.15. The Morgan fingerprint density at radius 3 is 2.57 bits per heavy atom. The Morgan fingerprint density at radius 1 is 1.29 bits per heavy atom. The van der Waals surface area contributed by atoms with Gasteiger partial charge in [-0.15, -0.1) is 10.2 Å². The zero-order valence-corrected chi connectivity index (χ0v) is 12.4. The van der Waals surface area contributed by atoms with Gasteiger partial charge in [-0.2, -0.15) is 5.21 Å². The second-order valence-electron chi connectivity index (χ2n) is 5.85. The number of H-pyrrole nitrogens is 1.